The molecule has 0 radical (unpaired) electrons. The number of rotatable bonds is 5. The Bertz CT molecular complexity index is 718. The molecular weight excluding hydrogens is 331 g/mol. The second-order valence-electron chi connectivity index (χ2n) is 3.64. The van der Waals surface area contributed by atoms with E-state index in [2.05, 4.69) is 25.0 Å². The van der Waals surface area contributed by atoms with Crippen molar-refractivity contribution in [2.45, 2.75) is 6.61 Å². The van der Waals surface area contributed by atoms with Crippen LogP contribution in [0.2, 0.25) is 5.28 Å². The Kier molecular flexibility index (Phi) is 4.56. The maximum Gasteiger partial charge on any atom is 0.387 e. The van der Waals surface area contributed by atoms with Gasteiger partial charge in [-0.15, -0.1) is 0 Å². The number of nitro groups is 1. The van der Waals surface area contributed by atoms with Crippen LogP contribution in [0.1, 0.15) is 0 Å². The van der Waals surface area contributed by atoms with E-state index < -0.39 is 28.8 Å². The van der Waals surface area contributed by atoms with Gasteiger partial charge in [0.2, 0.25) is 17.0 Å². The lowest BCUT2D eigenvalue weighted by Gasteiger charge is -2.11. The first-order chi connectivity index (χ1) is 10.4. The van der Waals surface area contributed by atoms with Gasteiger partial charge in [0.15, 0.2) is 5.75 Å². The molecule has 0 fully saturated rings. The van der Waals surface area contributed by atoms with Crippen molar-refractivity contribution in [2.24, 2.45) is 0 Å². The molecule has 0 spiro atoms. The van der Waals surface area contributed by atoms with Gasteiger partial charge in [-0.1, -0.05) is 0 Å². The molecule has 2 rings (SSSR count). The number of anilines is 2. The van der Waals surface area contributed by atoms with E-state index in [-0.39, 0.29) is 16.9 Å². The van der Waals surface area contributed by atoms with Gasteiger partial charge in [0.1, 0.15) is 6.33 Å². The number of benzene rings is 1. The van der Waals surface area contributed by atoms with E-state index in [1.807, 2.05) is 0 Å². The third-order valence-corrected chi connectivity index (χ3v) is 2.43. The van der Waals surface area contributed by atoms with Crippen LogP contribution in [-0.4, -0.2) is 26.5 Å². The average Bonchev–Trinajstić information content (AvgIpc) is 2.40. The minimum absolute atomic E-state index is 0.194. The van der Waals surface area contributed by atoms with Crippen molar-refractivity contribution in [2.75, 3.05) is 5.32 Å². The van der Waals surface area contributed by atoms with Crippen LogP contribution in [0.5, 0.6) is 5.75 Å². The lowest BCUT2D eigenvalue weighted by atomic mass is 10.2. The molecule has 0 amide bonds. The Hall–Kier alpha value is -2.69. The second-order valence-corrected chi connectivity index (χ2v) is 3.98. The lowest BCUT2D eigenvalue weighted by molar-refractivity contribution is -0.387. The summed E-state index contributed by atoms with van der Waals surface area (Å²) in [4.78, 5) is 20.4. The molecule has 116 valence electrons. The van der Waals surface area contributed by atoms with E-state index in [1.54, 1.807) is 0 Å². The molecule has 0 bridgehead atoms. The number of alkyl halides is 2. The van der Waals surface area contributed by atoms with Gasteiger partial charge >= 0.3 is 12.3 Å². The third-order valence-electron chi connectivity index (χ3n) is 2.25. The number of nitrogens with zero attached hydrogens (tertiary/aromatic N) is 4. The highest BCUT2D eigenvalue weighted by Crippen LogP contribution is 2.34. The molecule has 0 unspecified atom stereocenters. The fourth-order valence-corrected chi connectivity index (χ4v) is 1.56. The average molecular weight is 336 g/mol. The zero-order valence-electron chi connectivity index (χ0n) is 10.3. The SMILES string of the molecule is O=[N+]([O-])c1cc(Nc2ncnc(Cl)n2)c(OC(F)F)cc1F. The molecule has 1 aromatic heterocycles. The number of hydrogen-bond acceptors (Lipinski definition) is 7. The van der Waals surface area contributed by atoms with Crippen molar-refractivity contribution in [1.29, 1.82) is 0 Å². The van der Waals surface area contributed by atoms with Crippen molar-refractivity contribution < 1.29 is 22.8 Å². The van der Waals surface area contributed by atoms with Crippen LogP contribution in [-0.2, 0) is 0 Å². The molecule has 0 aliphatic rings. The molecule has 22 heavy (non-hydrogen) atoms. The number of hydrogen-bond donors (Lipinski definition) is 1. The number of aromatic nitrogens is 3. The highest BCUT2D eigenvalue weighted by molar-refractivity contribution is 6.28. The predicted octanol–water partition coefficient (Wildman–Crippen LogP) is 2.92. The standard InChI is InChI=1S/C10H5ClF3N5O3/c11-8-15-3-16-10(18-8)17-5-2-6(19(20)21)4(12)1-7(5)22-9(13)14/h1-3,9H,(H,15,16,17,18). The van der Waals surface area contributed by atoms with Gasteiger partial charge in [-0.3, -0.25) is 10.1 Å². The van der Waals surface area contributed by atoms with E-state index in [0.29, 0.717) is 12.1 Å². The van der Waals surface area contributed by atoms with Crippen LogP contribution in [0.25, 0.3) is 0 Å². The molecule has 12 heteroatoms. The summed E-state index contributed by atoms with van der Waals surface area (Å²) in [6.07, 6.45) is 1.02. The zero-order chi connectivity index (χ0) is 16.3. The maximum atomic E-state index is 13.5. The molecule has 1 heterocycles. The molecule has 0 saturated carbocycles. The van der Waals surface area contributed by atoms with Gasteiger partial charge in [-0.05, 0) is 11.6 Å². The fraction of sp³-hybridized carbons (Fsp3) is 0.100. The van der Waals surface area contributed by atoms with Crippen LogP contribution in [0, 0.1) is 15.9 Å². The molecule has 0 aliphatic carbocycles. The van der Waals surface area contributed by atoms with Crippen LogP contribution in [0.4, 0.5) is 30.5 Å². The topological polar surface area (TPSA) is 103 Å². The van der Waals surface area contributed by atoms with Crippen LogP contribution in [0.3, 0.4) is 0 Å². The van der Waals surface area contributed by atoms with Crippen molar-refractivity contribution in [3.05, 3.63) is 39.7 Å². The minimum Gasteiger partial charge on any atom is -0.432 e. The summed E-state index contributed by atoms with van der Waals surface area (Å²) in [6, 6.07) is 1.13. The smallest absolute Gasteiger partial charge is 0.387 e. The summed E-state index contributed by atoms with van der Waals surface area (Å²) >= 11 is 5.52. The monoisotopic (exact) mass is 335 g/mol. The highest BCUT2D eigenvalue weighted by Gasteiger charge is 2.21. The van der Waals surface area contributed by atoms with E-state index in [9.17, 15) is 23.3 Å². The van der Waals surface area contributed by atoms with Crippen molar-refractivity contribution in [3.63, 3.8) is 0 Å². The van der Waals surface area contributed by atoms with Gasteiger partial charge in [0, 0.05) is 12.1 Å². The third kappa shape index (κ3) is 3.69. The Balaban J connectivity index is 2.45. The lowest BCUT2D eigenvalue weighted by Crippen LogP contribution is -2.07. The van der Waals surface area contributed by atoms with Gasteiger partial charge in [0.25, 0.3) is 0 Å². The summed E-state index contributed by atoms with van der Waals surface area (Å²) in [7, 11) is 0. The Morgan fingerprint density at radius 3 is 2.68 bits per heavy atom. The Morgan fingerprint density at radius 1 is 1.36 bits per heavy atom. The highest BCUT2D eigenvalue weighted by atomic mass is 35.5. The van der Waals surface area contributed by atoms with E-state index in [4.69, 9.17) is 11.6 Å². The number of halogens is 4. The van der Waals surface area contributed by atoms with E-state index in [0.717, 1.165) is 6.33 Å². The molecule has 0 aliphatic heterocycles. The molecule has 8 nitrogen and oxygen atoms in total. The first-order valence-corrected chi connectivity index (χ1v) is 5.79. The van der Waals surface area contributed by atoms with E-state index >= 15 is 0 Å². The van der Waals surface area contributed by atoms with Crippen molar-refractivity contribution in [3.8, 4) is 5.75 Å². The molecule has 1 aromatic carbocycles. The van der Waals surface area contributed by atoms with E-state index in [1.165, 1.54) is 0 Å². The maximum absolute atomic E-state index is 13.5. The van der Waals surface area contributed by atoms with Crippen LogP contribution >= 0.6 is 11.6 Å². The summed E-state index contributed by atoms with van der Waals surface area (Å²) < 4.78 is 42.2. The summed E-state index contributed by atoms with van der Waals surface area (Å²) in [5, 5.41) is 12.9. The summed E-state index contributed by atoms with van der Waals surface area (Å²) in [5.41, 5.74) is -1.28. The Morgan fingerprint density at radius 2 is 2.09 bits per heavy atom. The van der Waals surface area contributed by atoms with Gasteiger partial charge < -0.3 is 10.1 Å². The van der Waals surface area contributed by atoms with Crippen molar-refractivity contribution in [1.82, 2.24) is 15.0 Å². The molecule has 2 aromatic rings. The van der Waals surface area contributed by atoms with Crippen molar-refractivity contribution >= 4 is 28.9 Å². The first-order valence-electron chi connectivity index (χ1n) is 5.41. The number of ether oxygens (including phenoxy) is 1. The first kappa shape index (κ1) is 15.7. The van der Waals surface area contributed by atoms with Gasteiger partial charge in [-0.25, -0.2) is 9.97 Å². The minimum atomic E-state index is -3.26. The van der Waals surface area contributed by atoms with Crippen LogP contribution in [0.15, 0.2) is 18.5 Å². The Labute approximate surface area is 125 Å². The summed E-state index contributed by atoms with van der Waals surface area (Å²) in [6.45, 7) is -3.26. The largest absolute Gasteiger partial charge is 0.432 e. The summed E-state index contributed by atoms with van der Waals surface area (Å²) in [5.74, 6) is -2.19. The van der Waals surface area contributed by atoms with Crippen LogP contribution < -0.4 is 10.1 Å². The number of nitrogens with one attached hydrogen (secondary N) is 1. The predicted molar refractivity (Wildman–Crippen MR) is 67.8 cm³/mol. The van der Waals surface area contributed by atoms with Gasteiger partial charge in [-0.2, -0.15) is 18.2 Å². The molecule has 1 N–H and O–H groups in total. The quantitative estimate of drug-likeness (QED) is 0.661. The fourth-order valence-electron chi connectivity index (χ4n) is 1.43. The zero-order valence-corrected chi connectivity index (χ0v) is 11.1. The van der Waals surface area contributed by atoms with Gasteiger partial charge in [0.05, 0.1) is 10.6 Å². The normalized spacial score (nSPS) is 10.6. The molecule has 0 saturated heterocycles. The molecule has 0 atom stereocenters. The second kappa shape index (κ2) is 6.39. The number of nitro benzene ring substituents is 1. The molecular formula is C10H5ClF3N5O3.